The van der Waals surface area contributed by atoms with E-state index in [0.717, 1.165) is 12.1 Å². The molecule has 0 spiro atoms. The Morgan fingerprint density at radius 1 is 0.409 bits per heavy atom. The number of rotatable bonds is 6. The normalized spacial score (nSPS) is 12.3. The minimum Gasteiger partial charge on any atom is -0.309 e. The van der Waals surface area contributed by atoms with Gasteiger partial charge in [-0.3, -0.25) is 0 Å². The van der Waals surface area contributed by atoms with Crippen molar-refractivity contribution in [3.63, 3.8) is 0 Å². The van der Waals surface area contributed by atoms with Crippen LogP contribution in [0, 0.1) is 0 Å². The van der Waals surface area contributed by atoms with Gasteiger partial charge in [0, 0.05) is 22.3 Å². The van der Waals surface area contributed by atoms with Crippen molar-refractivity contribution in [3.05, 3.63) is 175 Å². The van der Waals surface area contributed by atoms with Crippen molar-refractivity contribution in [1.82, 2.24) is 0 Å². The second kappa shape index (κ2) is 11.4. The third-order valence-corrected chi connectivity index (χ3v) is 8.97. The molecular weight excluding hydrogens is 530 g/mol. The van der Waals surface area contributed by atoms with Crippen molar-refractivity contribution < 1.29 is 0 Å². The molecule has 8 rings (SSSR count). The van der Waals surface area contributed by atoms with Gasteiger partial charge in [0.2, 0.25) is 0 Å². The molecule has 0 saturated carbocycles. The smallest absolute Gasteiger partial charge is 0.0624 e. The highest BCUT2D eigenvalue weighted by molar-refractivity contribution is 6.11. The summed E-state index contributed by atoms with van der Waals surface area (Å²) in [5.74, 6) is 0. The first kappa shape index (κ1) is 26.2. The second-order valence-corrected chi connectivity index (χ2v) is 11.7. The number of aryl methyl sites for hydroxylation is 2. The maximum atomic E-state index is 2.50. The highest BCUT2D eigenvalue weighted by atomic mass is 15.1. The molecule has 7 aromatic rings. The first-order chi connectivity index (χ1) is 21.8. The highest BCUT2D eigenvalue weighted by Crippen LogP contribution is 2.50. The predicted octanol–water partition coefficient (Wildman–Crippen LogP) is 11.8. The van der Waals surface area contributed by atoms with Crippen LogP contribution < -0.4 is 4.90 Å². The van der Waals surface area contributed by atoms with E-state index in [0.29, 0.717) is 0 Å². The lowest BCUT2D eigenvalue weighted by atomic mass is 9.88. The summed E-state index contributed by atoms with van der Waals surface area (Å²) in [6.45, 7) is 0. The van der Waals surface area contributed by atoms with Crippen molar-refractivity contribution >= 4 is 27.8 Å². The molecule has 0 aromatic heterocycles. The van der Waals surface area contributed by atoms with E-state index in [9.17, 15) is 0 Å². The van der Waals surface area contributed by atoms with E-state index in [-0.39, 0.29) is 0 Å². The summed E-state index contributed by atoms with van der Waals surface area (Å²) in [5, 5.41) is 2.46. The van der Waals surface area contributed by atoms with E-state index in [4.69, 9.17) is 0 Å². The van der Waals surface area contributed by atoms with E-state index in [1.54, 1.807) is 0 Å². The Morgan fingerprint density at radius 2 is 0.977 bits per heavy atom. The molecule has 1 heteroatoms. The van der Waals surface area contributed by atoms with Crippen molar-refractivity contribution in [2.75, 3.05) is 4.90 Å². The van der Waals surface area contributed by atoms with Gasteiger partial charge in [0.05, 0.1) is 5.69 Å². The van der Waals surface area contributed by atoms with Crippen LogP contribution in [0.3, 0.4) is 0 Å². The second-order valence-electron chi connectivity index (χ2n) is 11.7. The standard InChI is InChI=1S/C43H33N/c1-4-13-31(14-5-1)33-23-26-38(27-24-33)44(39-28-25-32-20-12-21-36(32)29-39)43-40-22-11-10-19-37(40)30-41(34-15-6-2-7-16-34)42(43)35-17-8-3-9-18-35/h1-11,13-19,22-30H,12,20-21H2. The fourth-order valence-electron chi connectivity index (χ4n) is 6.84. The van der Waals surface area contributed by atoms with Crippen LogP contribution in [0.2, 0.25) is 0 Å². The number of benzene rings is 7. The molecule has 1 aliphatic rings. The quantitative estimate of drug-likeness (QED) is 0.194. The minimum atomic E-state index is 1.14. The lowest BCUT2D eigenvalue weighted by Gasteiger charge is -2.31. The molecule has 0 heterocycles. The Labute approximate surface area is 259 Å². The Kier molecular flexibility index (Phi) is 6.77. The molecule has 1 nitrogen and oxygen atoms in total. The van der Waals surface area contributed by atoms with Gasteiger partial charge in [0.25, 0.3) is 0 Å². The van der Waals surface area contributed by atoms with Gasteiger partial charge in [0.1, 0.15) is 0 Å². The molecule has 44 heavy (non-hydrogen) atoms. The van der Waals surface area contributed by atoms with Gasteiger partial charge in [-0.25, -0.2) is 0 Å². The number of anilines is 3. The average Bonchev–Trinajstić information content (AvgIpc) is 3.58. The molecule has 0 radical (unpaired) electrons. The van der Waals surface area contributed by atoms with E-state index < -0.39 is 0 Å². The number of fused-ring (bicyclic) bond motifs is 2. The summed E-state index contributed by atoms with van der Waals surface area (Å²) in [6.07, 6.45) is 3.54. The predicted molar refractivity (Wildman–Crippen MR) is 187 cm³/mol. The zero-order chi connectivity index (χ0) is 29.3. The molecular formula is C43H33N. The lowest BCUT2D eigenvalue weighted by molar-refractivity contribution is 0.912. The first-order valence-electron chi connectivity index (χ1n) is 15.6. The maximum absolute atomic E-state index is 2.50. The van der Waals surface area contributed by atoms with E-state index in [1.165, 1.54) is 79.5 Å². The molecule has 0 atom stereocenters. The molecule has 0 unspecified atom stereocenters. The zero-order valence-corrected chi connectivity index (χ0v) is 24.7. The van der Waals surface area contributed by atoms with Gasteiger partial charge in [-0.15, -0.1) is 0 Å². The minimum absolute atomic E-state index is 1.14. The van der Waals surface area contributed by atoms with Crippen LogP contribution in [-0.2, 0) is 12.8 Å². The van der Waals surface area contributed by atoms with Gasteiger partial charge in [0.15, 0.2) is 0 Å². The molecule has 0 amide bonds. The zero-order valence-electron chi connectivity index (χ0n) is 24.7. The molecule has 0 fully saturated rings. The molecule has 0 aliphatic heterocycles. The Hall–Kier alpha value is -5.40. The molecule has 0 N–H and O–H groups in total. The van der Waals surface area contributed by atoms with Gasteiger partial charge in [-0.05, 0) is 93.9 Å². The van der Waals surface area contributed by atoms with Gasteiger partial charge in [-0.1, -0.05) is 133 Å². The Morgan fingerprint density at radius 3 is 1.70 bits per heavy atom. The fraction of sp³-hybridized carbons (Fsp3) is 0.0698. The SMILES string of the molecule is c1ccc(-c2ccc(N(c3ccc4c(c3)CCC4)c3c(-c4ccccc4)c(-c4ccccc4)cc4ccccc34)cc2)cc1. The van der Waals surface area contributed by atoms with Crippen LogP contribution in [-0.4, -0.2) is 0 Å². The van der Waals surface area contributed by atoms with Crippen LogP contribution in [0.15, 0.2) is 164 Å². The summed E-state index contributed by atoms with van der Waals surface area (Å²) in [4.78, 5) is 2.50. The van der Waals surface area contributed by atoms with E-state index >= 15 is 0 Å². The van der Waals surface area contributed by atoms with Crippen LogP contribution in [0.5, 0.6) is 0 Å². The maximum Gasteiger partial charge on any atom is 0.0624 e. The van der Waals surface area contributed by atoms with E-state index in [1.807, 2.05) is 0 Å². The van der Waals surface area contributed by atoms with Crippen LogP contribution >= 0.6 is 0 Å². The van der Waals surface area contributed by atoms with Crippen molar-refractivity contribution in [3.8, 4) is 33.4 Å². The molecule has 7 aromatic carbocycles. The molecule has 1 aliphatic carbocycles. The van der Waals surface area contributed by atoms with Crippen molar-refractivity contribution in [1.29, 1.82) is 0 Å². The lowest BCUT2D eigenvalue weighted by Crippen LogP contribution is -2.13. The van der Waals surface area contributed by atoms with E-state index in [2.05, 4.69) is 169 Å². The number of hydrogen-bond donors (Lipinski definition) is 0. The summed E-state index contributed by atoms with van der Waals surface area (Å²) >= 11 is 0. The topological polar surface area (TPSA) is 3.24 Å². The average molecular weight is 564 g/mol. The van der Waals surface area contributed by atoms with Crippen molar-refractivity contribution in [2.24, 2.45) is 0 Å². The number of nitrogens with zero attached hydrogens (tertiary/aromatic N) is 1. The Bertz CT molecular complexity index is 2060. The van der Waals surface area contributed by atoms with Crippen LogP contribution in [0.4, 0.5) is 17.1 Å². The van der Waals surface area contributed by atoms with Crippen molar-refractivity contribution in [2.45, 2.75) is 19.3 Å². The fourth-order valence-corrected chi connectivity index (χ4v) is 6.84. The van der Waals surface area contributed by atoms with Gasteiger partial charge < -0.3 is 4.90 Å². The molecule has 0 saturated heterocycles. The Balaban J connectivity index is 1.45. The molecule has 210 valence electrons. The van der Waals surface area contributed by atoms with Crippen LogP contribution in [0.1, 0.15) is 17.5 Å². The summed E-state index contributed by atoms with van der Waals surface area (Å²) < 4.78 is 0. The summed E-state index contributed by atoms with van der Waals surface area (Å²) in [6, 6.07) is 59.8. The van der Waals surface area contributed by atoms with Crippen LogP contribution in [0.25, 0.3) is 44.2 Å². The third-order valence-electron chi connectivity index (χ3n) is 8.97. The highest BCUT2D eigenvalue weighted by Gasteiger charge is 2.25. The molecule has 0 bridgehead atoms. The third kappa shape index (κ3) is 4.77. The largest absolute Gasteiger partial charge is 0.309 e. The monoisotopic (exact) mass is 563 g/mol. The first-order valence-corrected chi connectivity index (χ1v) is 15.6. The summed E-state index contributed by atoms with van der Waals surface area (Å²) in [5.41, 5.74) is 13.8. The van der Waals surface area contributed by atoms with Gasteiger partial charge in [-0.2, -0.15) is 0 Å². The number of hydrogen-bond acceptors (Lipinski definition) is 1. The van der Waals surface area contributed by atoms with Gasteiger partial charge >= 0.3 is 0 Å². The summed E-state index contributed by atoms with van der Waals surface area (Å²) in [7, 11) is 0.